The summed E-state index contributed by atoms with van der Waals surface area (Å²) in [6, 6.07) is 7.83. The molecule has 15 heavy (non-hydrogen) atoms. The van der Waals surface area contributed by atoms with Crippen molar-refractivity contribution in [2.45, 2.75) is 26.4 Å². The highest BCUT2D eigenvalue weighted by molar-refractivity contribution is 9.09. The second kappa shape index (κ2) is 5.23. The number of hydrogen-bond acceptors (Lipinski definition) is 1. The first-order chi connectivity index (χ1) is 7.01. The van der Waals surface area contributed by atoms with Crippen molar-refractivity contribution in [2.24, 2.45) is 0 Å². The Morgan fingerprint density at radius 2 is 1.80 bits per heavy atom. The summed E-state index contributed by atoms with van der Waals surface area (Å²) < 4.78 is 5.70. The van der Waals surface area contributed by atoms with E-state index in [9.17, 15) is 0 Å². The van der Waals surface area contributed by atoms with Crippen LogP contribution in [0.5, 0.6) is 5.75 Å². The fourth-order valence-electron chi connectivity index (χ4n) is 1.10. The summed E-state index contributed by atoms with van der Waals surface area (Å²) >= 11 is 3.26. The Balaban J connectivity index is 2.73. The van der Waals surface area contributed by atoms with Crippen molar-refractivity contribution in [3.63, 3.8) is 0 Å². The van der Waals surface area contributed by atoms with Gasteiger partial charge in [-0.25, -0.2) is 0 Å². The first kappa shape index (κ1) is 12.1. The second-order valence-electron chi connectivity index (χ2n) is 4.17. The molecule has 1 aromatic rings. The molecule has 0 N–H and O–H groups in total. The van der Waals surface area contributed by atoms with Crippen molar-refractivity contribution < 1.29 is 4.74 Å². The number of rotatable bonds is 1. The van der Waals surface area contributed by atoms with Crippen LogP contribution in [0, 0.1) is 11.8 Å². The summed E-state index contributed by atoms with van der Waals surface area (Å²) in [5, 5.41) is 0.702. The van der Waals surface area contributed by atoms with Crippen molar-refractivity contribution in [1.29, 1.82) is 0 Å². The molecule has 0 amide bonds. The number of halogens is 1. The van der Waals surface area contributed by atoms with E-state index in [1.54, 1.807) is 0 Å². The lowest BCUT2D eigenvalue weighted by atomic mass is 10.2. The molecule has 0 unspecified atom stereocenters. The molecule has 0 bridgehead atoms. The van der Waals surface area contributed by atoms with Gasteiger partial charge in [-0.2, -0.15) is 0 Å². The zero-order valence-electron chi connectivity index (χ0n) is 9.30. The molecule has 0 aromatic heterocycles. The minimum Gasteiger partial charge on any atom is -0.488 e. The SMILES string of the molecule is CC(C)(C)Oc1ccc(C#CCBr)cc1. The summed E-state index contributed by atoms with van der Waals surface area (Å²) in [4.78, 5) is 0. The maximum Gasteiger partial charge on any atom is 0.120 e. The second-order valence-corrected chi connectivity index (χ2v) is 4.73. The molecule has 1 aromatic carbocycles. The van der Waals surface area contributed by atoms with E-state index in [0.29, 0.717) is 5.33 Å². The van der Waals surface area contributed by atoms with Crippen LogP contribution in [0.2, 0.25) is 0 Å². The van der Waals surface area contributed by atoms with E-state index >= 15 is 0 Å². The summed E-state index contributed by atoms with van der Waals surface area (Å²) in [6.07, 6.45) is 0. The predicted molar refractivity (Wildman–Crippen MR) is 67.5 cm³/mol. The molecular weight excluding hydrogens is 252 g/mol. The molecule has 2 heteroatoms. The van der Waals surface area contributed by atoms with E-state index in [1.807, 2.05) is 45.0 Å². The first-order valence-corrected chi connectivity index (χ1v) is 5.97. The topological polar surface area (TPSA) is 9.23 Å². The van der Waals surface area contributed by atoms with Crippen LogP contribution in [-0.4, -0.2) is 10.9 Å². The summed E-state index contributed by atoms with van der Waals surface area (Å²) in [5.41, 5.74) is 0.860. The largest absolute Gasteiger partial charge is 0.488 e. The van der Waals surface area contributed by atoms with Gasteiger partial charge < -0.3 is 4.74 Å². The zero-order chi connectivity index (χ0) is 11.3. The molecule has 1 nitrogen and oxygen atoms in total. The average Bonchev–Trinajstić information content (AvgIpc) is 2.14. The molecule has 0 atom stereocenters. The molecule has 0 fully saturated rings. The van der Waals surface area contributed by atoms with Crippen molar-refractivity contribution in [3.8, 4) is 17.6 Å². The zero-order valence-corrected chi connectivity index (χ0v) is 10.9. The van der Waals surface area contributed by atoms with E-state index < -0.39 is 0 Å². The number of ether oxygens (including phenoxy) is 1. The van der Waals surface area contributed by atoms with E-state index in [1.165, 1.54) is 0 Å². The molecular formula is C13H15BrO. The highest BCUT2D eigenvalue weighted by Crippen LogP contribution is 2.17. The molecule has 0 saturated carbocycles. The summed E-state index contributed by atoms with van der Waals surface area (Å²) in [5.74, 6) is 6.87. The molecule has 0 saturated heterocycles. The summed E-state index contributed by atoms with van der Waals surface area (Å²) in [7, 11) is 0. The monoisotopic (exact) mass is 266 g/mol. The Morgan fingerprint density at radius 1 is 1.20 bits per heavy atom. The van der Waals surface area contributed by atoms with Crippen molar-refractivity contribution in [3.05, 3.63) is 29.8 Å². The first-order valence-electron chi connectivity index (χ1n) is 4.85. The van der Waals surface area contributed by atoms with Gasteiger partial charge in [-0.15, -0.1) is 0 Å². The smallest absolute Gasteiger partial charge is 0.120 e. The third-order valence-electron chi connectivity index (χ3n) is 1.58. The Hall–Kier alpha value is -0.940. The molecule has 0 aliphatic heterocycles. The van der Waals surface area contributed by atoms with Gasteiger partial charge in [0.15, 0.2) is 0 Å². The van der Waals surface area contributed by atoms with Gasteiger partial charge in [0.2, 0.25) is 0 Å². The Morgan fingerprint density at radius 3 is 2.27 bits per heavy atom. The Labute approximate surface area is 100.0 Å². The highest BCUT2D eigenvalue weighted by atomic mass is 79.9. The lowest BCUT2D eigenvalue weighted by Gasteiger charge is -2.21. The van der Waals surface area contributed by atoms with Crippen molar-refractivity contribution in [1.82, 2.24) is 0 Å². The van der Waals surface area contributed by atoms with Crippen LogP contribution in [0.4, 0.5) is 0 Å². The average molecular weight is 267 g/mol. The van der Waals surface area contributed by atoms with Crippen LogP contribution in [-0.2, 0) is 0 Å². The maximum atomic E-state index is 5.70. The van der Waals surface area contributed by atoms with Gasteiger partial charge in [0.25, 0.3) is 0 Å². The normalized spacial score (nSPS) is 10.4. The van der Waals surface area contributed by atoms with E-state index in [0.717, 1.165) is 11.3 Å². The lowest BCUT2D eigenvalue weighted by Crippen LogP contribution is -2.22. The number of benzene rings is 1. The molecule has 0 aliphatic carbocycles. The van der Waals surface area contributed by atoms with Gasteiger partial charge in [-0.3, -0.25) is 0 Å². The fourth-order valence-corrected chi connectivity index (χ4v) is 1.24. The number of hydrogen-bond donors (Lipinski definition) is 0. The quantitative estimate of drug-likeness (QED) is 0.558. The van der Waals surface area contributed by atoms with Gasteiger partial charge in [-0.05, 0) is 45.0 Å². The van der Waals surface area contributed by atoms with E-state index in [2.05, 4.69) is 27.8 Å². The van der Waals surface area contributed by atoms with Crippen LogP contribution in [0.25, 0.3) is 0 Å². The van der Waals surface area contributed by atoms with Gasteiger partial charge >= 0.3 is 0 Å². The van der Waals surface area contributed by atoms with Crippen LogP contribution in [0.1, 0.15) is 26.3 Å². The van der Waals surface area contributed by atoms with Crippen LogP contribution < -0.4 is 4.74 Å². The third-order valence-corrected chi connectivity index (χ3v) is 1.86. The third kappa shape index (κ3) is 4.90. The Bertz CT molecular complexity index is 362. The van der Waals surface area contributed by atoms with Gasteiger partial charge in [0.05, 0.1) is 5.33 Å². The van der Waals surface area contributed by atoms with Gasteiger partial charge in [0, 0.05) is 5.56 Å². The lowest BCUT2D eigenvalue weighted by molar-refractivity contribution is 0.131. The van der Waals surface area contributed by atoms with E-state index in [4.69, 9.17) is 4.74 Å². The molecule has 0 spiro atoms. The van der Waals surface area contributed by atoms with Gasteiger partial charge in [0.1, 0.15) is 11.4 Å². The molecule has 0 heterocycles. The standard InChI is InChI=1S/C13H15BrO/c1-13(2,3)15-12-8-6-11(7-9-12)5-4-10-14/h6-9H,10H2,1-3H3. The van der Waals surface area contributed by atoms with Crippen molar-refractivity contribution >= 4 is 15.9 Å². The van der Waals surface area contributed by atoms with Gasteiger partial charge in [-0.1, -0.05) is 27.8 Å². The molecule has 80 valence electrons. The number of alkyl halides is 1. The minimum atomic E-state index is -0.150. The highest BCUT2D eigenvalue weighted by Gasteiger charge is 2.10. The molecule has 0 aliphatic rings. The summed E-state index contributed by atoms with van der Waals surface area (Å²) in [6.45, 7) is 6.10. The fraction of sp³-hybridized carbons (Fsp3) is 0.385. The molecule has 1 rings (SSSR count). The van der Waals surface area contributed by atoms with Crippen molar-refractivity contribution in [2.75, 3.05) is 5.33 Å². The Kier molecular flexibility index (Phi) is 4.23. The van der Waals surface area contributed by atoms with E-state index in [-0.39, 0.29) is 5.60 Å². The van der Waals surface area contributed by atoms with Crippen LogP contribution >= 0.6 is 15.9 Å². The maximum absolute atomic E-state index is 5.70. The van der Waals surface area contributed by atoms with Crippen LogP contribution in [0.15, 0.2) is 24.3 Å². The molecule has 0 radical (unpaired) electrons. The predicted octanol–water partition coefficient (Wildman–Crippen LogP) is 3.61. The van der Waals surface area contributed by atoms with Crippen LogP contribution in [0.3, 0.4) is 0 Å². The minimum absolute atomic E-state index is 0.150.